The van der Waals surface area contributed by atoms with Crippen molar-refractivity contribution in [3.05, 3.63) is 42.9 Å². The van der Waals surface area contributed by atoms with Crippen LogP contribution in [0.5, 0.6) is 5.75 Å². The van der Waals surface area contributed by atoms with E-state index < -0.39 is 0 Å². The molecular weight excluding hydrogens is 428 g/mol. The molecule has 1 aromatic carbocycles. The maximum Gasteiger partial charge on any atom is 0.227 e. The van der Waals surface area contributed by atoms with Crippen molar-refractivity contribution in [1.29, 1.82) is 5.26 Å². The Balaban J connectivity index is 1.31. The standard InChI is InChI=1S/C25H30N8O/c1-31-10-12-32(13-11-31)21-6-4-20(5-7-21)29-24-27-15-22(34-2)23(30-24)19-14-28-33(16-19)18-25(17-26)8-3-9-25/h4-7,14-16H,3,8-13,18H2,1-2H3,(H,27,29,30). The monoisotopic (exact) mass is 458 g/mol. The second kappa shape index (κ2) is 9.31. The van der Waals surface area contributed by atoms with Crippen molar-refractivity contribution in [1.82, 2.24) is 24.6 Å². The highest BCUT2D eigenvalue weighted by Crippen LogP contribution is 2.41. The lowest BCUT2D eigenvalue weighted by atomic mass is 9.70. The number of rotatable bonds is 7. The molecule has 3 heterocycles. The number of benzene rings is 1. The number of likely N-dealkylation sites (N-methyl/N-ethyl adjacent to an activating group) is 1. The number of hydrogen-bond donors (Lipinski definition) is 1. The Hall–Kier alpha value is -3.64. The van der Waals surface area contributed by atoms with Gasteiger partial charge in [-0.05, 0) is 44.2 Å². The lowest BCUT2D eigenvalue weighted by molar-refractivity contribution is 0.174. The summed E-state index contributed by atoms with van der Waals surface area (Å²) >= 11 is 0. The molecule has 1 saturated heterocycles. The summed E-state index contributed by atoms with van der Waals surface area (Å²) in [5, 5.41) is 17.3. The minimum absolute atomic E-state index is 0.290. The molecule has 0 bridgehead atoms. The predicted molar refractivity (Wildman–Crippen MR) is 131 cm³/mol. The Morgan fingerprint density at radius 3 is 2.53 bits per heavy atom. The number of nitriles is 1. The minimum Gasteiger partial charge on any atom is -0.493 e. The van der Waals surface area contributed by atoms with Gasteiger partial charge in [0.1, 0.15) is 5.69 Å². The van der Waals surface area contributed by atoms with Crippen LogP contribution in [0.4, 0.5) is 17.3 Å². The molecule has 1 N–H and O–H groups in total. The highest BCUT2D eigenvalue weighted by Gasteiger charge is 2.37. The van der Waals surface area contributed by atoms with Crippen molar-refractivity contribution in [3.8, 4) is 23.1 Å². The third-order valence-corrected chi connectivity index (χ3v) is 6.89. The Bertz CT molecular complexity index is 1170. The van der Waals surface area contributed by atoms with Crippen LogP contribution < -0.4 is 15.0 Å². The van der Waals surface area contributed by atoms with Gasteiger partial charge in [0.05, 0.1) is 37.5 Å². The molecule has 1 saturated carbocycles. The van der Waals surface area contributed by atoms with Crippen LogP contribution in [0.2, 0.25) is 0 Å². The highest BCUT2D eigenvalue weighted by molar-refractivity contribution is 5.67. The van der Waals surface area contributed by atoms with E-state index in [0.29, 0.717) is 23.9 Å². The van der Waals surface area contributed by atoms with E-state index >= 15 is 0 Å². The molecule has 0 amide bonds. The van der Waals surface area contributed by atoms with E-state index in [1.165, 1.54) is 5.69 Å². The molecule has 0 unspecified atom stereocenters. The molecule has 2 aromatic heterocycles. The number of aromatic nitrogens is 4. The summed E-state index contributed by atoms with van der Waals surface area (Å²) in [6.07, 6.45) is 8.32. The molecule has 1 aliphatic heterocycles. The highest BCUT2D eigenvalue weighted by atomic mass is 16.5. The number of ether oxygens (including phenoxy) is 1. The van der Waals surface area contributed by atoms with Crippen LogP contribution >= 0.6 is 0 Å². The van der Waals surface area contributed by atoms with E-state index in [9.17, 15) is 5.26 Å². The zero-order valence-corrected chi connectivity index (χ0v) is 19.7. The molecule has 176 valence electrons. The van der Waals surface area contributed by atoms with Crippen molar-refractivity contribution >= 4 is 17.3 Å². The molecule has 0 radical (unpaired) electrons. The Kier molecular flexibility index (Phi) is 6.07. The molecule has 9 nitrogen and oxygen atoms in total. The summed E-state index contributed by atoms with van der Waals surface area (Å²) in [6.45, 7) is 4.84. The molecule has 34 heavy (non-hydrogen) atoms. The first-order chi connectivity index (χ1) is 16.6. The maximum atomic E-state index is 9.54. The van der Waals surface area contributed by atoms with Crippen LogP contribution in [0, 0.1) is 16.7 Å². The normalized spacial score (nSPS) is 17.6. The molecule has 2 aliphatic rings. The van der Waals surface area contributed by atoms with Gasteiger partial charge >= 0.3 is 0 Å². The summed E-state index contributed by atoms with van der Waals surface area (Å²) < 4.78 is 7.34. The van der Waals surface area contributed by atoms with Gasteiger partial charge in [0.2, 0.25) is 5.95 Å². The van der Waals surface area contributed by atoms with Crippen LogP contribution in [0.3, 0.4) is 0 Å². The molecule has 0 spiro atoms. The Morgan fingerprint density at radius 2 is 1.88 bits per heavy atom. The van der Waals surface area contributed by atoms with Gasteiger partial charge in [-0.2, -0.15) is 10.4 Å². The second-order valence-electron chi connectivity index (χ2n) is 9.25. The topological polar surface area (TPSA) is 95.1 Å². The van der Waals surface area contributed by atoms with Crippen molar-refractivity contribution in [2.24, 2.45) is 5.41 Å². The van der Waals surface area contributed by atoms with E-state index in [-0.39, 0.29) is 5.41 Å². The second-order valence-corrected chi connectivity index (χ2v) is 9.25. The number of hydrogen-bond acceptors (Lipinski definition) is 8. The van der Waals surface area contributed by atoms with Crippen molar-refractivity contribution in [3.63, 3.8) is 0 Å². The van der Waals surface area contributed by atoms with Crippen molar-refractivity contribution in [2.75, 3.05) is 50.6 Å². The summed E-state index contributed by atoms with van der Waals surface area (Å²) in [7, 11) is 3.77. The SMILES string of the molecule is COc1cnc(Nc2ccc(N3CCN(C)CC3)cc2)nc1-c1cnn(CC2(C#N)CCC2)c1. The molecule has 3 aromatic rings. The maximum absolute atomic E-state index is 9.54. The number of methoxy groups -OCH3 is 1. The van der Waals surface area contributed by atoms with Crippen molar-refractivity contribution < 1.29 is 4.74 Å². The van der Waals surface area contributed by atoms with Crippen molar-refractivity contribution in [2.45, 2.75) is 25.8 Å². The van der Waals surface area contributed by atoms with E-state index in [2.05, 4.69) is 62.6 Å². The molecule has 9 heteroatoms. The van der Waals surface area contributed by atoms with E-state index in [1.807, 2.05) is 10.9 Å². The first kappa shape index (κ1) is 22.2. The summed E-state index contributed by atoms with van der Waals surface area (Å²) in [5.41, 5.74) is 3.36. The summed E-state index contributed by atoms with van der Waals surface area (Å²) in [4.78, 5) is 13.9. The molecular formula is C25H30N8O. The smallest absolute Gasteiger partial charge is 0.227 e. The van der Waals surface area contributed by atoms with Gasteiger partial charge < -0.3 is 19.9 Å². The fourth-order valence-corrected chi connectivity index (χ4v) is 4.53. The van der Waals surface area contributed by atoms with Crippen LogP contribution in [0.25, 0.3) is 11.3 Å². The van der Waals surface area contributed by atoms with Gasteiger partial charge in [-0.15, -0.1) is 0 Å². The molecule has 2 fully saturated rings. The number of anilines is 3. The average molecular weight is 459 g/mol. The van der Waals surface area contributed by atoms with Gasteiger partial charge in [0.25, 0.3) is 0 Å². The lowest BCUT2D eigenvalue weighted by Gasteiger charge is -2.34. The van der Waals surface area contributed by atoms with E-state index in [0.717, 1.165) is 56.7 Å². The Labute approximate surface area is 200 Å². The number of nitrogens with one attached hydrogen (secondary N) is 1. The molecule has 5 rings (SSSR count). The van der Waals surface area contributed by atoms with E-state index in [4.69, 9.17) is 9.72 Å². The van der Waals surface area contributed by atoms with Crippen LogP contribution in [0.15, 0.2) is 42.9 Å². The first-order valence-corrected chi connectivity index (χ1v) is 11.7. The fourth-order valence-electron chi connectivity index (χ4n) is 4.53. The summed E-state index contributed by atoms with van der Waals surface area (Å²) in [5.74, 6) is 1.07. The lowest BCUT2D eigenvalue weighted by Crippen LogP contribution is -2.44. The fraction of sp³-hybridized carbons (Fsp3) is 0.440. The molecule has 0 atom stereocenters. The van der Waals surface area contributed by atoms with Gasteiger partial charge in [0.15, 0.2) is 5.75 Å². The van der Waals surface area contributed by atoms with Gasteiger partial charge in [-0.3, -0.25) is 4.68 Å². The third-order valence-electron chi connectivity index (χ3n) is 6.89. The van der Waals surface area contributed by atoms with E-state index in [1.54, 1.807) is 19.5 Å². The number of nitrogens with zero attached hydrogens (tertiary/aromatic N) is 7. The third kappa shape index (κ3) is 4.54. The molecule has 1 aliphatic carbocycles. The largest absolute Gasteiger partial charge is 0.493 e. The van der Waals surface area contributed by atoms with Gasteiger partial charge in [-0.1, -0.05) is 6.42 Å². The van der Waals surface area contributed by atoms with Gasteiger partial charge in [0, 0.05) is 49.3 Å². The van der Waals surface area contributed by atoms with Gasteiger partial charge in [-0.25, -0.2) is 9.97 Å². The van der Waals surface area contributed by atoms with Crippen LogP contribution in [0.1, 0.15) is 19.3 Å². The average Bonchev–Trinajstić information content (AvgIpc) is 3.31. The quantitative estimate of drug-likeness (QED) is 0.575. The summed E-state index contributed by atoms with van der Waals surface area (Å²) in [6, 6.07) is 10.8. The minimum atomic E-state index is -0.290. The zero-order valence-electron chi connectivity index (χ0n) is 19.7. The predicted octanol–water partition coefficient (Wildman–Crippen LogP) is 3.54. The van der Waals surface area contributed by atoms with Crippen LogP contribution in [-0.2, 0) is 6.54 Å². The Morgan fingerprint density at radius 1 is 1.12 bits per heavy atom. The first-order valence-electron chi connectivity index (χ1n) is 11.7. The number of piperazine rings is 1. The zero-order chi connectivity index (χ0) is 23.5. The van der Waals surface area contributed by atoms with Crippen LogP contribution in [-0.4, -0.2) is 65.0 Å².